The molecule has 0 fully saturated rings. The molecule has 0 saturated carbocycles. The Bertz CT molecular complexity index is 776. The van der Waals surface area contributed by atoms with Gasteiger partial charge in [0.05, 0.1) is 17.9 Å². The molecule has 5 heteroatoms. The smallest absolute Gasteiger partial charge is 0.0613 e. The van der Waals surface area contributed by atoms with Gasteiger partial charge in [0, 0.05) is 38.2 Å². The number of hydrogen-bond acceptors (Lipinski definition) is 4. The van der Waals surface area contributed by atoms with Crippen LogP contribution in [0.1, 0.15) is 34.1 Å². The number of aromatic nitrogens is 2. The van der Waals surface area contributed by atoms with Gasteiger partial charge in [-0.2, -0.15) is 0 Å². The van der Waals surface area contributed by atoms with Gasteiger partial charge < -0.3 is 15.2 Å². The Morgan fingerprint density at radius 3 is 1.97 bits per heavy atom. The molecule has 157 valence electrons. The summed E-state index contributed by atoms with van der Waals surface area (Å²) in [5.41, 5.74) is 3.67. The minimum atomic E-state index is -0.410. The van der Waals surface area contributed by atoms with Gasteiger partial charge in [0.1, 0.15) is 0 Å². The summed E-state index contributed by atoms with van der Waals surface area (Å²) >= 11 is 0. The summed E-state index contributed by atoms with van der Waals surface area (Å²) in [6.45, 7) is 7.56. The number of aliphatic hydroxyl groups is 2. The van der Waals surface area contributed by atoms with E-state index < -0.39 is 12.2 Å². The van der Waals surface area contributed by atoms with Crippen LogP contribution in [-0.2, 0) is 20.1 Å². The summed E-state index contributed by atoms with van der Waals surface area (Å²) in [6, 6.07) is 21.1. The Labute approximate surface area is 187 Å². The van der Waals surface area contributed by atoms with Crippen LogP contribution < -0.4 is 0 Å². The second kappa shape index (κ2) is 11.9. The predicted octanol–water partition coefficient (Wildman–Crippen LogP) is 4.77. The SMILES string of the molecule is CC(O)CC(O)C(C)(C)C.[Ir].[c-]1ccccc1-c1nccnc1-c1ccccc1. The zero-order valence-electron chi connectivity index (χ0n) is 17.3. The van der Waals surface area contributed by atoms with Crippen molar-refractivity contribution in [3.05, 3.63) is 73.1 Å². The molecule has 29 heavy (non-hydrogen) atoms. The molecule has 0 aliphatic rings. The van der Waals surface area contributed by atoms with Crippen molar-refractivity contribution in [2.24, 2.45) is 5.41 Å². The average Bonchev–Trinajstić information content (AvgIpc) is 2.69. The minimum absolute atomic E-state index is 0. The number of benzene rings is 2. The van der Waals surface area contributed by atoms with Crippen LogP contribution in [0.25, 0.3) is 22.5 Å². The second-order valence-electron chi connectivity index (χ2n) is 7.86. The van der Waals surface area contributed by atoms with Crippen LogP contribution in [0.4, 0.5) is 0 Å². The number of nitrogens with zero attached hydrogens (tertiary/aromatic N) is 2. The van der Waals surface area contributed by atoms with E-state index in [1.165, 1.54) is 0 Å². The predicted molar refractivity (Wildman–Crippen MR) is 113 cm³/mol. The number of rotatable bonds is 4. The number of aliphatic hydroxyl groups excluding tert-OH is 2. The third-order valence-electron chi connectivity index (χ3n) is 4.27. The van der Waals surface area contributed by atoms with Crippen LogP contribution in [-0.4, -0.2) is 32.4 Å². The second-order valence-corrected chi connectivity index (χ2v) is 7.86. The van der Waals surface area contributed by atoms with E-state index in [9.17, 15) is 5.11 Å². The molecule has 0 amide bonds. The van der Waals surface area contributed by atoms with Gasteiger partial charge in [0.25, 0.3) is 0 Å². The van der Waals surface area contributed by atoms with Gasteiger partial charge in [-0.25, -0.2) is 0 Å². The molecular weight excluding hydrogens is 540 g/mol. The Kier molecular flexibility index (Phi) is 10.3. The maximum atomic E-state index is 9.40. The fourth-order valence-electron chi connectivity index (χ4n) is 2.56. The molecular formula is C24H29IrN2O2-. The van der Waals surface area contributed by atoms with E-state index in [4.69, 9.17) is 5.11 Å². The fourth-order valence-corrected chi connectivity index (χ4v) is 2.56. The van der Waals surface area contributed by atoms with E-state index in [2.05, 4.69) is 16.0 Å². The molecule has 0 bridgehead atoms. The van der Waals surface area contributed by atoms with Crippen molar-refractivity contribution in [1.29, 1.82) is 0 Å². The summed E-state index contributed by atoms with van der Waals surface area (Å²) in [5.74, 6) is 0. The summed E-state index contributed by atoms with van der Waals surface area (Å²) in [5, 5.41) is 18.3. The van der Waals surface area contributed by atoms with E-state index in [-0.39, 0.29) is 25.5 Å². The molecule has 4 nitrogen and oxygen atoms in total. The molecule has 1 aromatic heterocycles. The van der Waals surface area contributed by atoms with E-state index in [1.54, 1.807) is 19.3 Å². The summed E-state index contributed by atoms with van der Waals surface area (Å²) in [4.78, 5) is 8.87. The summed E-state index contributed by atoms with van der Waals surface area (Å²) < 4.78 is 0. The minimum Gasteiger partial charge on any atom is -0.393 e. The fraction of sp³-hybridized carbons (Fsp3) is 0.333. The molecule has 2 unspecified atom stereocenters. The van der Waals surface area contributed by atoms with Crippen molar-refractivity contribution in [3.63, 3.8) is 0 Å². The van der Waals surface area contributed by atoms with Gasteiger partial charge in [-0.1, -0.05) is 51.1 Å². The Balaban J connectivity index is 0.000000332. The monoisotopic (exact) mass is 570 g/mol. The van der Waals surface area contributed by atoms with Gasteiger partial charge in [-0.15, -0.1) is 35.9 Å². The van der Waals surface area contributed by atoms with Crippen molar-refractivity contribution < 1.29 is 30.3 Å². The normalized spacial score (nSPS) is 12.8. The molecule has 0 spiro atoms. The first-order valence-electron chi connectivity index (χ1n) is 9.48. The van der Waals surface area contributed by atoms with Crippen molar-refractivity contribution >= 4 is 0 Å². The van der Waals surface area contributed by atoms with Crippen LogP contribution in [0.5, 0.6) is 0 Å². The largest absolute Gasteiger partial charge is 0.393 e. The molecule has 1 heterocycles. The van der Waals surface area contributed by atoms with Gasteiger partial charge in [0.15, 0.2) is 0 Å². The molecule has 3 rings (SSSR count). The Morgan fingerprint density at radius 1 is 0.897 bits per heavy atom. The van der Waals surface area contributed by atoms with Gasteiger partial charge in [-0.05, 0) is 24.3 Å². The molecule has 2 atom stereocenters. The Hall–Kier alpha value is -1.91. The first-order valence-corrected chi connectivity index (χ1v) is 9.48. The Morgan fingerprint density at radius 2 is 1.48 bits per heavy atom. The summed E-state index contributed by atoms with van der Waals surface area (Å²) in [6.07, 6.45) is 3.07. The maximum absolute atomic E-state index is 9.40. The topological polar surface area (TPSA) is 66.2 Å². The van der Waals surface area contributed by atoms with Crippen molar-refractivity contribution in [2.45, 2.75) is 46.3 Å². The molecule has 1 radical (unpaired) electrons. The van der Waals surface area contributed by atoms with Crippen LogP contribution >= 0.6 is 0 Å². The first kappa shape index (κ1) is 25.1. The third-order valence-corrected chi connectivity index (χ3v) is 4.27. The van der Waals surface area contributed by atoms with Crippen molar-refractivity contribution in [3.8, 4) is 22.5 Å². The molecule has 0 saturated heterocycles. The van der Waals surface area contributed by atoms with Crippen LogP contribution in [0.3, 0.4) is 0 Å². The zero-order valence-corrected chi connectivity index (χ0v) is 19.7. The molecule has 2 aromatic carbocycles. The standard InChI is InChI=1S/C16H11N2.C8H18O2.Ir/c1-3-7-13(8-4-1)15-16(18-12-11-17-15)14-9-5-2-6-10-14;1-6(9)5-7(10)8(2,3)4;/h1-9,11-12H;6-7,9-10H,5H2,1-4H3;/q-1;;. The van der Waals surface area contributed by atoms with E-state index >= 15 is 0 Å². The first-order chi connectivity index (χ1) is 13.3. The molecule has 2 N–H and O–H groups in total. The van der Waals surface area contributed by atoms with Crippen LogP contribution in [0.15, 0.2) is 67.0 Å². The van der Waals surface area contributed by atoms with Gasteiger partial charge in [0.2, 0.25) is 0 Å². The van der Waals surface area contributed by atoms with Gasteiger partial charge in [-0.3, -0.25) is 4.98 Å². The molecule has 0 aliphatic carbocycles. The molecule has 3 aromatic rings. The average molecular weight is 570 g/mol. The van der Waals surface area contributed by atoms with Crippen molar-refractivity contribution in [1.82, 2.24) is 9.97 Å². The van der Waals surface area contributed by atoms with Crippen LogP contribution in [0.2, 0.25) is 0 Å². The maximum Gasteiger partial charge on any atom is 0.0613 e. The van der Waals surface area contributed by atoms with E-state index in [0.717, 1.165) is 22.5 Å². The summed E-state index contributed by atoms with van der Waals surface area (Å²) in [7, 11) is 0. The van der Waals surface area contributed by atoms with Crippen molar-refractivity contribution in [2.75, 3.05) is 0 Å². The quantitative estimate of drug-likeness (QED) is 0.445. The number of hydrogen-bond donors (Lipinski definition) is 2. The third kappa shape index (κ3) is 8.15. The van der Waals surface area contributed by atoms with Crippen LogP contribution in [0, 0.1) is 11.5 Å². The van der Waals surface area contributed by atoms with Gasteiger partial charge >= 0.3 is 0 Å². The molecule has 0 aliphatic heterocycles. The van der Waals surface area contributed by atoms with E-state index in [0.29, 0.717) is 6.42 Å². The zero-order chi connectivity index (χ0) is 20.6. The van der Waals surface area contributed by atoms with E-state index in [1.807, 2.05) is 75.4 Å².